The van der Waals surface area contributed by atoms with Crippen molar-refractivity contribution in [1.82, 2.24) is 4.57 Å². The van der Waals surface area contributed by atoms with Crippen molar-refractivity contribution in [2.45, 2.75) is 38.6 Å². The maximum absolute atomic E-state index is 14.1. The molecule has 0 radical (unpaired) electrons. The summed E-state index contributed by atoms with van der Waals surface area (Å²) in [5.41, 5.74) is 9.10. The Morgan fingerprint density at radius 1 is 1.22 bits per heavy atom. The topological polar surface area (TPSA) is 30.9 Å². The van der Waals surface area contributed by atoms with Crippen LogP contribution in [0.5, 0.6) is 0 Å². The molecule has 1 heterocycles. The Kier molecular flexibility index (Phi) is 3.08. The van der Waals surface area contributed by atoms with Crippen molar-refractivity contribution < 1.29 is 4.39 Å². The molecule has 0 fully saturated rings. The van der Waals surface area contributed by atoms with Crippen LogP contribution in [0.2, 0.25) is 0 Å². The molecule has 3 rings (SSSR count). The van der Waals surface area contributed by atoms with E-state index >= 15 is 0 Å². The van der Waals surface area contributed by atoms with Crippen LogP contribution in [0.25, 0.3) is 10.9 Å². The molecule has 0 amide bonds. The van der Waals surface area contributed by atoms with Gasteiger partial charge in [-0.05, 0) is 50.3 Å². The lowest BCUT2D eigenvalue weighted by molar-refractivity contribution is 0.579. The molecule has 2 aromatic rings. The molecule has 1 aliphatic carbocycles. The van der Waals surface area contributed by atoms with Gasteiger partial charge in [-0.15, -0.1) is 0 Å². The van der Waals surface area contributed by atoms with E-state index in [2.05, 4.69) is 10.6 Å². The van der Waals surface area contributed by atoms with Crippen LogP contribution in [0, 0.1) is 5.82 Å². The van der Waals surface area contributed by atoms with Gasteiger partial charge < -0.3 is 10.3 Å². The third-order valence-corrected chi connectivity index (χ3v) is 3.93. The summed E-state index contributed by atoms with van der Waals surface area (Å²) < 4.78 is 16.3. The maximum atomic E-state index is 14.1. The van der Waals surface area contributed by atoms with Gasteiger partial charge in [0.15, 0.2) is 0 Å². The van der Waals surface area contributed by atoms with Crippen LogP contribution in [-0.4, -0.2) is 11.1 Å². The van der Waals surface area contributed by atoms with Crippen molar-refractivity contribution >= 4 is 10.9 Å². The summed E-state index contributed by atoms with van der Waals surface area (Å²) in [6.07, 6.45) is 5.51. The minimum Gasteiger partial charge on any atom is -0.342 e. The summed E-state index contributed by atoms with van der Waals surface area (Å²) in [5, 5.41) is 1.11. The van der Waals surface area contributed by atoms with Gasteiger partial charge in [-0.1, -0.05) is 12.1 Å². The predicted molar refractivity (Wildman–Crippen MR) is 72.2 cm³/mol. The Bertz CT molecular complexity index is 571. The zero-order valence-electron chi connectivity index (χ0n) is 10.6. The lowest BCUT2D eigenvalue weighted by Crippen LogP contribution is -2.11. The predicted octanol–water partition coefficient (Wildman–Crippen LogP) is 3.01. The second kappa shape index (κ2) is 4.73. The number of rotatable bonds is 3. The number of fused-ring (bicyclic) bond motifs is 3. The minimum absolute atomic E-state index is 0.0982. The largest absolute Gasteiger partial charge is 0.342 e. The number of halogens is 1. The van der Waals surface area contributed by atoms with Gasteiger partial charge in [0.2, 0.25) is 0 Å². The first-order valence-corrected chi connectivity index (χ1v) is 6.81. The third-order valence-electron chi connectivity index (χ3n) is 3.93. The van der Waals surface area contributed by atoms with E-state index < -0.39 is 0 Å². The van der Waals surface area contributed by atoms with Gasteiger partial charge >= 0.3 is 0 Å². The molecule has 1 aliphatic rings. The SMILES string of the molecule is NCCCn1c2c(c3cccc(F)c31)CCCC2. The molecule has 0 bridgehead atoms. The highest BCUT2D eigenvalue weighted by Gasteiger charge is 2.21. The Morgan fingerprint density at radius 3 is 2.89 bits per heavy atom. The van der Waals surface area contributed by atoms with Crippen molar-refractivity contribution in [2.24, 2.45) is 5.73 Å². The molecule has 0 atom stereocenters. The molecule has 1 aromatic carbocycles. The van der Waals surface area contributed by atoms with Gasteiger partial charge in [-0.25, -0.2) is 4.39 Å². The third kappa shape index (κ3) is 1.74. The number of hydrogen-bond acceptors (Lipinski definition) is 1. The average molecular weight is 246 g/mol. The number of aromatic nitrogens is 1. The van der Waals surface area contributed by atoms with E-state index in [0.717, 1.165) is 36.7 Å². The first kappa shape index (κ1) is 11.7. The van der Waals surface area contributed by atoms with Crippen LogP contribution in [0.4, 0.5) is 4.39 Å². The maximum Gasteiger partial charge on any atom is 0.147 e. The Morgan fingerprint density at radius 2 is 2.06 bits per heavy atom. The van der Waals surface area contributed by atoms with Crippen LogP contribution < -0.4 is 5.73 Å². The second-order valence-electron chi connectivity index (χ2n) is 5.06. The van der Waals surface area contributed by atoms with E-state index in [4.69, 9.17) is 5.73 Å². The van der Waals surface area contributed by atoms with Crippen molar-refractivity contribution in [2.75, 3.05) is 6.54 Å². The lowest BCUT2D eigenvalue weighted by atomic mass is 9.95. The normalized spacial score (nSPS) is 15.0. The smallest absolute Gasteiger partial charge is 0.147 e. The minimum atomic E-state index is -0.0982. The van der Waals surface area contributed by atoms with E-state index in [1.165, 1.54) is 24.1 Å². The molecular weight excluding hydrogens is 227 g/mol. The summed E-state index contributed by atoms with van der Waals surface area (Å²) in [6, 6.07) is 5.44. The number of para-hydroxylation sites is 1. The summed E-state index contributed by atoms with van der Waals surface area (Å²) >= 11 is 0. The molecule has 0 unspecified atom stereocenters. The Hall–Kier alpha value is -1.35. The zero-order valence-corrected chi connectivity index (χ0v) is 10.6. The number of nitrogens with two attached hydrogens (primary N) is 1. The molecule has 0 saturated carbocycles. The van der Waals surface area contributed by atoms with Gasteiger partial charge in [-0.2, -0.15) is 0 Å². The van der Waals surface area contributed by atoms with E-state index in [0.29, 0.717) is 6.54 Å². The molecule has 2 nitrogen and oxygen atoms in total. The molecule has 0 aliphatic heterocycles. The fourth-order valence-electron chi connectivity index (χ4n) is 3.14. The van der Waals surface area contributed by atoms with E-state index in [9.17, 15) is 4.39 Å². The van der Waals surface area contributed by atoms with Gasteiger partial charge in [0, 0.05) is 17.6 Å². The molecule has 0 spiro atoms. The van der Waals surface area contributed by atoms with Crippen LogP contribution in [0.1, 0.15) is 30.5 Å². The lowest BCUT2D eigenvalue weighted by Gasteiger charge is -2.15. The Labute approximate surface area is 107 Å². The molecule has 18 heavy (non-hydrogen) atoms. The van der Waals surface area contributed by atoms with Gasteiger partial charge in [-0.3, -0.25) is 0 Å². The molecule has 0 saturated heterocycles. The number of hydrogen-bond donors (Lipinski definition) is 1. The first-order chi connectivity index (χ1) is 8.83. The van der Waals surface area contributed by atoms with Crippen LogP contribution in [0.15, 0.2) is 18.2 Å². The number of aryl methyl sites for hydroxylation is 2. The quantitative estimate of drug-likeness (QED) is 0.886. The Balaban J connectivity index is 2.23. The standard InChI is InChI=1S/C15H19FN2/c16-13-7-3-6-12-11-5-1-2-8-14(11)18(15(12)13)10-4-9-17/h3,6-7H,1-2,4-5,8-10,17H2. The number of benzene rings is 1. The highest BCUT2D eigenvalue weighted by molar-refractivity contribution is 5.86. The molecule has 2 N–H and O–H groups in total. The van der Waals surface area contributed by atoms with E-state index in [-0.39, 0.29) is 5.82 Å². The highest BCUT2D eigenvalue weighted by atomic mass is 19.1. The first-order valence-electron chi connectivity index (χ1n) is 6.81. The van der Waals surface area contributed by atoms with Crippen molar-refractivity contribution in [3.05, 3.63) is 35.3 Å². The molecule has 3 heteroatoms. The van der Waals surface area contributed by atoms with Crippen LogP contribution in [0.3, 0.4) is 0 Å². The zero-order chi connectivity index (χ0) is 12.5. The second-order valence-corrected chi connectivity index (χ2v) is 5.06. The van der Waals surface area contributed by atoms with Crippen molar-refractivity contribution in [3.63, 3.8) is 0 Å². The molecule has 1 aromatic heterocycles. The van der Waals surface area contributed by atoms with Gasteiger partial charge in [0.1, 0.15) is 5.82 Å². The van der Waals surface area contributed by atoms with E-state index in [1.807, 2.05) is 6.07 Å². The average Bonchev–Trinajstić information content (AvgIpc) is 2.72. The summed E-state index contributed by atoms with van der Waals surface area (Å²) in [6.45, 7) is 1.49. The fraction of sp³-hybridized carbons (Fsp3) is 0.467. The van der Waals surface area contributed by atoms with E-state index in [1.54, 1.807) is 6.07 Å². The monoisotopic (exact) mass is 246 g/mol. The molecular formula is C15H19FN2. The van der Waals surface area contributed by atoms with Crippen LogP contribution >= 0.6 is 0 Å². The summed E-state index contributed by atoms with van der Waals surface area (Å²) in [7, 11) is 0. The van der Waals surface area contributed by atoms with Crippen molar-refractivity contribution in [3.8, 4) is 0 Å². The summed E-state index contributed by atoms with van der Waals surface area (Å²) in [5.74, 6) is -0.0982. The molecule has 96 valence electrons. The number of nitrogens with zero attached hydrogens (tertiary/aromatic N) is 1. The van der Waals surface area contributed by atoms with Gasteiger partial charge in [0.25, 0.3) is 0 Å². The highest BCUT2D eigenvalue weighted by Crippen LogP contribution is 2.33. The fourth-order valence-corrected chi connectivity index (χ4v) is 3.14. The van der Waals surface area contributed by atoms with Crippen molar-refractivity contribution in [1.29, 1.82) is 0 Å². The van der Waals surface area contributed by atoms with Gasteiger partial charge in [0.05, 0.1) is 5.52 Å². The van der Waals surface area contributed by atoms with Crippen LogP contribution in [-0.2, 0) is 19.4 Å². The summed E-state index contributed by atoms with van der Waals surface area (Å²) in [4.78, 5) is 0.